The zero-order valence-corrected chi connectivity index (χ0v) is 16.3. The van der Waals surface area contributed by atoms with Crippen LogP contribution in [0.1, 0.15) is 10.4 Å². The molecule has 29 heavy (non-hydrogen) atoms. The minimum absolute atomic E-state index is 0.0832. The summed E-state index contributed by atoms with van der Waals surface area (Å²) >= 11 is 0. The minimum atomic E-state index is -0.380. The van der Waals surface area contributed by atoms with Gasteiger partial charge in [0.05, 0.1) is 33.0 Å². The van der Waals surface area contributed by atoms with Gasteiger partial charge in [-0.2, -0.15) is 4.98 Å². The van der Waals surface area contributed by atoms with Crippen molar-refractivity contribution in [1.29, 1.82) is 0 Å². The lowest BCUT2D eigenvalue weighted by Gasteiger charge is -2.19. The molecular formula is C20H23N3O6. The number of anilines is 1. The third kappa shape index (κ3) is 4.41. The van der Waals surface area contributed by atoms with E-state index in [4.69, 9.17) is 23.7 Å². The van der Waals surface area contributed by atoms with Crippen LogP contribution in [-0.2, 0) is 14.2 Å². The predicted molar refractivity (Wildman–Crippen MR) is 102 cm³/mol. The number of ether oxygens (including phenoxy) is 5. The molecule has 0 amide bonds. The Kier molecular flexibility index (Phi) is 5.77. The minimum Gasteiger partial charge on any atom is -0.486 e. The summed E-state index contributed by atoms with van der Waals surface area (Å²) in [5.41, 5.74) is 0.475. The molecule has 1 aromatic heterocycles. The Balaban J connectivity index is 1.33. The van der Waals surface area contributed by atoms with Crippen molar-refractivity contribution in [3.05, 3.63) is 42.1 Å². The molecule has 2 aliphatic rings. The molecule has 2 aromatic rings. The van der Waals surface area contributed by atoms with Crippen molar-refractivity contribution in [2.24, 2.45) is 0 Å². The van der Waals surface area contributed by atoms with Gasteiger partial charge in [-0.3, -0.25) is 0 Å². The van der Waals surface area contributed by atoms with Gasteiger partial charge in [0.2, 0.25) is 11.8 Å². The number of carbonyl (C=O) groups is 1. The fourth-order valence-electron chi connectivity index (χ4n) is 3.38. The van der Waals surface area contributed by atoms with Gasteiger partial charge in [0, 0.05) is 25.4 Å². The van der Waals surface area contributed by atoms with Crippen LogP contribution in [0.4, 0.5) is 5.95 Å². The molecule has 2 atom stereocenters. The number of methoxy groups -OCH3 is 2. The van der Waals surface area contributed by atoms with Crippen LogP contribution in [0.5, 0.6) is 11.6 Å². The van der Waals surface area contributed by atoms with Gasteiger partial charge in [-0.1, -0.05) is 0 Å². The Morgan fingerprint density at radius 3 is 2.38 bits per heavy atom. The highest BCUT2D eigenvalue weighted by atomic mass is 16.6. The molecule has 0 aliphatic carbocycles. The van der Waals surface area contributed by atoms with Crippen LogP contribution in [0.15, 0.2) is 36.5 Å². The summed E-state index contributed by atoms with van der Waals surface area (Å²) in [5.74, 6) is 1.39. The van der Waals surface area contributed by atoms with Gasteiger partial charge in [0.15, 0.2) is 0 Å². The maximum atomic E-state index is 11.5. The van der Waals surface area contributed by atoms with Crippen LogP contribution < -0.4 is 14.4 Å². The van der Waals surface area contributed by atoms with Crippen LogP contribution >= 0.6 is 0 Å². The smallest absolute Gasteiger partial charge is 0.337 e. The molecule has 154 valence electrons. The normalized spacial score (nSPS) is 21.9. The highest BCUT2D eigenvalue weighted by molar-refractivity contribution is 5.89. The first-order chi connectivity index (χ1) is 14.2. The Morgan fingerprint density at radius 1 is 1.07 bits per heavy atom. The molecule has 9 heteroatoms. The van der Waals surface area contributed by atoms with Crippen LogP contribution in [-0.4, -0.2) is 74.8 Å². The number of benzene rings is 1. The van der Waals surface area contributed by atoms with Crippen molar-refractivity contribution < 1.29 is 28.5 Å². The van der Waals surface area contributed by atoms with Gasteiger partial charge in [0.1, 0.15) is 24.1 Å². The van der Waals surface area contributed by atoms with Gasteiger partial charge >= 0.3 is 5.97 Å². The monoisotopic (exact) mass is 401 g/mol. The van der Waals surface area contributed by atoms with Gasteiger partial charge in [-0.25, -0.2) is 9.78 Å². The van der Waals surface area contributed by atoms with Gasteiger partial charge in [-0.05, 0) is 24.3 Å². The molecule has 0 spiro atoms. The van der Waals surface area contributed by atoms with Crippen LogP contribution in [0.25, 0.3) is 0 Å². The molecule has 2 fully saturated rings. The molecule has 3 heterocycles. The Hall–Kier alpha value is -2.91. The average molecular weight is 401 g/mol. The Bertz CT molecular complexity index is 830. The van der Waals surface area contributed by atoms with E-state index in [1.165, 1.54) is 7.11 Å². The first-order valence-corrected chi connectivity index (χ1v) is 9.36. The van der Waals surface area contributed by atoms with E-state index in [1.54, 1.807) is 43.6 Å². The second-order valence-electron chi connectivity index (χ2n) is 6.80. The molecule has 0 bridgehead atoms. The molecular weight excluding hydrogens is 378 g/mol. The fraction of sp³-hybridized carbons (Fsp3) is 0.450. The summed E-state index contributed by atoms with van der Waals surface area (Å²) in [7, 11) is 2.93. The van der Waals surface area contributed by atoms with Crippen molar-refractivity contribution >= 4 is 11.9 Å². The van der Waals surface area contributed by atoms with E-state index in [9.17, 15) is 4.79 Å². The standard InChI is InChI=1S/C20H23N3O6/c1-25-18-7-8-21-20(22-18)23-9-16-17(10-23)28-12-15(11-27-16)29-14-5-3-13(4-6-14)19(24)26-2/h3-8,15-17H,9-12H2,1-2H3/t16-,17-/m0/s1. The van der Waals surface area contributed by atoms with E-state index in [2.05, 4.69) is 9.97 Å². The lowest BCUT2D eigenvalue weighted by Crippen LogP contribution is -2.30. The molecule has 0 unspecified atom stereocenters. The number of fused-ring (bicyclic) bond motifs is 1. The molecule has 0 radical (unpaired) electrons. The Labute approximate surface area is 168 Å². The second kappa shape index (κ2) is 8.62. The number of aromatic nitrogens is 2. The number of esters is 1. The first kappa shape index (κ1) is 19.4. The van der Waals surface area contributed by atoms with Crippen molar-refractivity contribution in [1.82, 2.24) is 9.97 Å². The maximum absolute atomic E-state index is 11.5. The predicted octanol–water partition coefficient (Wildman–Crippen LogP) is 1.32. The molecule has 4 rings (SSSR count). The van der Waals surface area contributed by atoms with Crippen molar-refractivity contribution in [2.75, 3.05) is 45.4 Å². The third-order valence-electron chi connectivity index (χ3n) is 4.90. The third-order valence-corrected chi connectivity index (χ3v) is 4.90. The van der Waals surface area contributed by atoms with Crippen molar-refractivity contribution in [3.63, 3.8) is 0 Å². The van der Waals surface area contributed by atoms with E-state index in [1.807, 2.05) is 4.90 Å². The Morgan fingerprint density at radius 2 is 1.76 bits per heavy atom. The van der Waals surface area contributed by atoms with Gasteiger partial charge in [-0.15, -0.1) is 0 Å². The number of rotatable bonds is 5. The maximum Gasteiger partial charge on any atom is 0.337 e. The average Bonchev–Trinajstić information content (AvgIpc) is 3.09. The molecule has 9 nitrogen and oxygen atoms in total. The van der Waals surface area contributed by atoms with E-state index < -0.39 is 0 Å². The highest BCUT2D eigenvalue weighted by Crippen LogP contribution is 2.25. The van der Waals surface area contributed by atoms with Gasteiger partial charge < -0.3 is 28.6 Å². The van der Waals surface area contributed by atoms with Crippen LogP contribution in [0.3, 0.4) is 0 Å². The SMILES string of the molecule is COC(=O)c1ccc(OC2CO[C@H]3CN(c4nccc(OC)n4)C[C@@H]3OC2)cc1. The topological polar surface area (TPSA) is 92.2 Å². The van der Waals surface area contributed by atoms with E-state index in [0.717, 1.165) is 0 Å². The number of hydrogen-bond donors (Lipinski definition) is 0. The summed E-state index contributed by atoms with van der Waals surface area (Å²) < 4.78 is 27.9. The number of carbonyl (C=O) groups excluding carboxylic acids is 1. The summed E-state index contributed by atoms with van der Waals surface area (Å²) in [6.45, 7) is 2.09. The van der Waals surface area contributed by atoms with E-state index >= 15 is 0 Å². The van der Waals surface area contributed by atoms with Crippen LogP contribution in [0, 0.1) is 0 Å². The zero-order valence-electron chi connectivity index (χ0n) is 16.3. The van der Waals surface area contributed by atoms with Crippen molar-refractivity contribution in [2.45, 2.75) is 18.3 Å². The van der Waals surface area contributed by atoms with Crippen molar-refractivity contribution in [3.8, 4) is 11.6 Å². The molecule has 2 saturated heterocycles. The van der Waals surface area contributed by atoms with E-state index in [0.29, 0.717) is 49.4 Å². The lowest BCUT2D eigenvalue weighted by atomic mass is 10.2. The van der Waals surface area contributed by atoms with Crippen LogP contribution in [0.2, 0.25) is 0 Å². The lowest BCUT2D eigenvalue weighted by molar-refractivity contribution is -0.00461. The molecule has 2 aliphatic heterocycles. The first-order valence-electron chi connectivity index (χ1n) is 9.36. The van der Waals surface area contributed by atoms with Gasteiger partial charge in [0.25, 0.3) is 0 Å². The number of nitrogens with zero attached hydrogens (tertiary/aromatic N) is 3. The second-order valence-corrected chi connectivity index (χ2v) is 6.80. The highest BCUT2D eigenvalue weighted by Gasteiger charge is 2.39. The zero-order chi connectivity index (χ0) is 20.2. The fourth-order valence-corrected chi connectivity index (χ4v) is 3.38. The summed E-state index contributed by atoms with van der Waals surface area (Å²) in [5, 5.41) is 0. The molecule has 0 N–H and O–H groups in total. The molecule has 0 saturated carbocycles. The summed E-state index contributed by atoms with van der Waals surface area (Å²) in [6.07, 6.45) is 1.28. The van der Waals surface area contributed by atoms with E-state index in [-0.39, 0.29) is 24.3 Å². The summed E-state index contributed by atoms with van der Waals surface area (Å²) in [6, 6.07) is 8.52. The summed E-state index contributed by atoms with van der Waals surface area (Å²) in [4.78, 5) is 22.2. The largest absolute Gasteiger partial charge is 0.486 e. The quantitative estimate of drug-likeness (QED) is 0.688. The number of hydrogen-bond acceptors (Lipinski definition) is 9. The molecule has 1 aromatic carbocycles.